The van der Waals surface area contributed by atoms with Crippen molar-refractivity contribution in [3.05, 3.63) is 29.3 Å². The molecule has 86 valence electrons. The number of benzene rings is 1. The van der Waals surface area contributed by atoms with Gasteiger partial charge in [-0.25, -0.2) is 0 Å². The van der Waals surface area contributed by atoms with Gasteiger partial charge in [-0.1, -0.05) is 23.7 Å². The van der Waals surface area contributed by atoms with E-state index in [9.17, 15) is 4.79 Å². The molecular weight excluding hydrogens is 226 g/mol. The van der Waals surface area contributed by atoms with Crippen LogP contribution >= 0.6 is 11.6 Å². The first kappa shape index (κ1) is 11.2. The number of hydrogen-bond acceptors (Lipinski definition) is 3. The van der Waals surface area contributed by atoms with Gasteiger partial charge in [0.15, 0.2) is 0 Å². The van der Waals surface area contributed by atoms with Crippen LogP contribution in [0.4, 0.5) is 5.69 Å². The maximum Gasteiger partial charge on any atom is 0.244 e. The lowest BCUT2D eigenvalue weighted by molar-refractivity contribution is -0.123. The lowest BCUT2D eigenvalue weighted by Gasteiger charge is -2.36. The molecular formula is C11H14ClN3O. The van der Waals surface area contributed by atoms with E-state index in [-0.39, 0.29) is 18.5 Å². The Morgan fingerprint density at radius 2 is 2.25 bits per heavy atom. The number of nitrogens with zero attached hydrogens (tertiary/aromatic N) is 1. The van der Waals surface area contributed by atoms with E-state index in [4.69, 9.17) is 17.3 Å². The zero-order valence-corrected chi connectivity index (χ0v) is 9.57. The minimum atomic E-state index is -0.325. The van der Waals surface area contributed by atoms with Crippen LogP contribution in [-0.2, 0) is 4.79 Å². The third-order valence-electron chi connectivity index (χ3n) is 2.72. The lowest BCUT2D eigenvalue weighted by atomic mass is 10.1. The van der Waals surface area contributed by atoms with Gasteiger partial charge in [-0.2, -0.15) is 0 Å². The molecule has 1 aromatic rings. The molecule has 0 saturated carbocycles. The summed E-state index contributed by atoms with van der Waals surface area (Å²) in [6.07, 6.45) is 0. The summed E-state index contributed by atoms with van der Waals surface area (Å²) in [6, 6.07) is 7.17. The summed E-state index contributed by atoms with van der Waals surface area (Å²) in [5, 5.41) is 3.45. The number of nitrogens with one attached hydrogen (secondary N) is 1. The van der Waals surface area contributed by atoms with Gasteiger partial charge in [0.25, 0.3) is 0 Å². The minimum absolute atomic E-state index is 0.0336. The minimum Gasteiger partial charge on any atom is -0.356 e. The maximum atomic E-state index is 11.6. The first-order valence-electron chi connectivity index (χ1n) is 5.23. The van der Waals surface area contributed by atoms with Gasteiger partial charge >= 0.3 is 0 Å². The highest BCUT2D eigenvalue weighted by Gasteiger charge is 2.29. The molecule has 0 bridgehead atoms. The summed E-state index contributed by atoms with van der Waals surface area (Å²) in [6.45, 7) is 1.65. The molecule has 1 fully saturated rings. The van der Waals surface area contributed by atoms with E-state index in [0.717, 1.165) is 12.2 Å². The summed E-state index contributed by atoms with van der Waals surface area (Å²) in [4.78, 5) is 13.6. The van der Waals surface area contributed by atoms with Crippen molar-refractivity contribution >= 4 is 23.2 Å². The number of piperazine rings is 1. The Labute approximate surface area is 99.4 Å². The van der Waals surface area contributed by atoms with Crippen LogP contribution in [0.3, 0.4) is 0 Å². The SMILES string of the molecule is NCC1C(=O)NCCN1c1ccccc1Cl. The van der Waals surface area contributed by atoms with Crippen molar-refractivity contribution < 1.29 is 4.79 Å². The van der Waals surface area contributed by atoms with E-state index in [1.54, 1.807) is 0 Å². The van der Waals surface area contributed by atoms with Crippen LogP contribution in [-0.4, -0.2) is 31.6 Å². The number of anilines is 1. The molecule has 1 aromatic carbocycles. The van der Waals surface area contributed by atoms with Crippen LogP contribution in [0.5, 0.6) is 0 Å². The Kier molecular flexibility index (Phi) is 3.31. The Morgan fingerprint density at radius 1 is 1.50 bits per heavy atom. The average Bonchev–Trinajstić information content (AvgIpc) is 2.29. The number of halogens is 1. The van der Waals surface area contributed by atoms with Crippen molar-refractivity contribution in [2.75, 3.05) is 24.5 Å². The van der Waals surface area contributed by atoms with Gasteiger partial charge < -0.3 is 16.0 Å². The fourth-order valence-electron chi connectivity index (χ4n) is 1.92. The second-order valence-corrected chi connectivity index (χ2v) is 4.09. The maximum absolute atomic E-state index is 11.6. The largest absolute Gasteiger partial charge is 0.356 e. The van der Waals surface area contributed by atoms with Crippen LogP contribution in [0.2, 0.25) is 5.02 Å². The summed E-state index contributed by atoms with van der Waals surface area (Å²) in [7, 11) is 0. The molecule has 1 aliphatic heterocycles. The van der Waals surface area contributed by atoms with Gasteiger partial charge in [-0.05, 0) is 12.1 Å². The third-order valence-corrected chi connectivity index (χ3v) is 3.04. The Hall–Kier alpha value is -1.26. The molecule has 1 unspecified atom stereocenters. The first-order valence-corrected chi connectivity index (χ1v) is 5.61. The Bertz CT molecular complexity index is 397. The molecule has 0 aromatic heterocycles. The second-order valence-electron chi connectivity index (χ2n) is 3.69. The number of carbonyl (C=O) groups excluding carboxylic acids is 1. The average molecular weight is 240 g/mol. The lowest BCUT2D eigenvalue weighted by Crippen LogP contribution is -2.58. The van der Waals surface area contributed by atoms with Crippen molar-refractivity contribution in [1.82, 2.24) is 5.32 Å². The molecule has 4 nitrogen and oxygen atoms in total. The van der Waals surface area contributed by atoms with Gasteiger partial charge in [0.1, 0.15) is 6.04 Å². The van der Waals surface area contributed by atoms with Crippen LogP contribution in [0.15, 0.2) is 24.3 Å². The zero-order valence-electron chi connectivity index (χ0n) is 8.82. The Morgan fingerprint density at radius 3 is 2.94 bits per heavy atom. The van der Waals surface area contributed by atoms with E-state index >= 15 is 0 Å². The van der Waals surface area contributed by atoms with E-state index in [1.807, 2.05) is 29.2 Å². The third kappa shape index (κ3) is 1.99. The van der Waals surface area contributed by atoms with Gasteiger partial charge in [-0.15, -0.1) is 0 Å². The van der Waals surface area contributed by atoms with Gasteiger partial charge in [-0.3, -0.25) is 4.79 Å². The monoisotopic (exact) mass is 239 g/mol. The van der Waals surface area contributed by atoms with Crippen molar-refractivity contribution in [3.63, 3.8) is 0 Å². The molecule has 1 aliphatic rings. The highest BCUT2D eigenvalue weighted by molar-refractivity contribution is 6.33. The number of nitrogens with two attached hydrogens (primary N) is 1. The molecule has 1 amide bonds. The smallest absolute Gasteiger partial charge is 0.244 e. The number of rotatable bonds is 2. The molecule has 5 heteroatoms. The number of para-hydroxylation sites is 1. The second kappa shape index (κ2) is 4.72. The summed E-state index contributed by atoms with van der Waals surface area (Å²) < 4.78 is 0. The number of carbonyl (C=O) groups is 1. The highest BCUT2D eigenvalue weighted by Crippen LogP contribution is 2.27. The molecule has 1 atom stereocenters. The predicted molar refractivity (Wildman–Crippen MR) is 64.7 cm³/mol. The van der Waals surface area contributed by atoms with Crippen LogP contribution in [0, 0.1) is 0 Å². The Balaban J connectivity index is 2.31. The highest BCUT2D eigenvalue weighted by atomic mass is 35.5. The van der Waals surface area contributed by atoms with Crippen molar-refractivity contribution in [1.29, 1.82) is 0 Å². The van der Waals surface area contributed by atoms with Gasteiger partial charge in [0, 0.05) is 19.6 Å². The molecule has 16 heavy (non-hydrogen) atoms. The van der Waals surface area contributed by atoms with Crippen molar-refractivity contribution in [2.24, 2.45) is 5.73 Å². The van der Waals surface area contributed by atoms with Crippen LogP contribution in [0.25, 0.3) is 0 Å². The zero-order chi connectivity index (χ0) is 11.5. The molecule has 0 spiro atoms. The van der Waals surface area contributed by atoms with E-state index in [1.165, 1.54) is 0 Å². The van der Waals surface area contributed by atoms with Crippen LogP contribution < -0.4 is 16.0 Å². The predicted octanol–water partition coefficient (Wildman–Crippen LogP) is 0.603. The van der Waals surface area contributed by atoms with Crippen molar-refractivity contribution in [2.45, 2.75) is 6.04 Å². The van der Waals surface area contributed by atoms with Crippen molar-refractivity contribution in [3.8, 4) is 0 Å². The standard InChI is InChI=1S/C11H14ClN3O/c12-8-3-1-2-4-9(8)15-6-5-14-11(16)10(15)7-13/h1-4,10H,5-7,13H2,(H,14,16). The molecule has 1 saturated heterocycles. The summed E-state index contributed by atoms with van der Waals surface area (Å²) in [5.74, 6) is -0.0336. The van der Waals surface area contributed by atoms with E-state index in [2.05, 4.69) is 5.32 Å². The first-order chi connectivity index (χ1) is 7.74. The fraction of sp³-hybridized carbons (Fsp3) is 0.364. The molecule has 1 heterocycles. The normalized spacial score (nSPS) is 20.8. The molecule has 0 radical (unpaired) electrons. The van der Waals surface area contributed by atoms with E-state index in [0.29, 0.717) is 11.6 Å². The van der Waals surface area contributed by atoms with E-state index < -0.39 is 0 Å². The number of amides is 1. The fourth-order valence-corrected chi connectivity index (χ4v) is 2.17. The molecule has 3 N–H and O–H groups in total. The number of hydrogen-bond donors (Lipinski definition) is 2. The molecule has 2 rings (SSSR count). The summed E-state index contributed by atoms with van der Waals surface area (Å²) in [5.41, 5.74) is 6.50. The van der Waals surface area contributed by atoms with Crippen LogP contribution in [0.1, 0.15) is 0 Å². The summed E-state index contributed by atoms with van der Waals surface area (Å²) >= 11 is 6.11. The van der Waals surface area contributed by atoms with Gasteiger partial charge in [0.05, 0.1) is 10.7 Å². The molecule has 0 aliphatic carbocycles. The van der Waals surface area contributed by atoms with Gasteiger partial charge in [0.2, 0.25) is 5.91 Å². The topological polar surface area (TPSA) is 58.4 Å². The quantitative estimate of drug-likeness (QED) is 0.795.